The van der Waals surface area contributed by atoms with Crippen molar-refractivity contribution in [3.05, 3.63) is 40.9 Å². The minimum atomic E-state index is -1.39. The van der Waals surface area contributed by atoms with Gasteiger partial charge in [0.25, 0.3) is 0 Å². The van der Waals surface area contributed by atoms with Crippen LogP contribution in [0.1, 0.15) is 24.2 Å². The summed E-state index contributed by atoms with van der Waals surface area (Å²) in [5, 5.41) is 0. The smallest absolute Gasteiger partial charge is 0.345 e. The van der Waals surface area contributed by atoms with Crippen molar-refractivity contribution >= 4 is 23.5 Å². The van der Waals surface area contributed by atoms with Gasteiger partial charge in [-0.1, -0.05) is 0 Å². The molecule has 0 atom stereocenters. The molecular formula is C15H15F3O4S. The molecule has 0 amide bonds. The highest BCUT2D eigenvalue weighted by molar-refractivity contribution is 7.98. The van der Waals surface area contributed by atoms with E-state index < -0.39 is 45.2 Å². The molecule has 4 nitrogen and oxygen atoms in total. The summed E-state index contributed by atoms with van der Waals surface area (Å²) in [4.78, 5) is 23.5. The minimum Gasteiger partial charge on any atom is -0.500 e. The summed E-state index contributed by atoms with van der Waals surface area (Å²) in [6, 6.07) is 0.408. The van der Waals surface area contributed by atoms with E-state index in [0.29, 0.717) is 17.8 Å². The fourth-order valence-electron chi connectivity index (χ4n) is 1.64. The van der Waals surface area contributed by atoms with Crippen molar-refractivity contribution in [2.45, 2.75) is 18.7 Å². The number of Topliss-reactive ketones (excluding diaryl/α,β-unsaturated/α-hetero) is 1. The number of halogens is 3. The van der Waals surface area contributed by atoms with Gasteiger partial charge in [-0.3, -0.25) is 4.79 Å². The molecule has 0 fully saturated rings. The van der Waals surface area contributed by atoms with E-state index in [1.807, 2.05) is 0 Å². The molecule has 0 aromatic heterocycles. The highest BCUT2D eigenvalue weighted by atomic mass is 32.2. The van der Waals surface area contributed by atoms with Crippen LogP contribution in [0.25, 0.3) is 0 Å². The molecule has 0 aliphatic rings. The second kappa shape index (κ2) is 8.61. The average Bonchev–Trinajstić information content (AvgIpc) is 2.52. The molecule has 0 saturated heterocycles. The van der Waals surface area contributed by atoms with E-state index in [9.17, 15) is 22.8 Å². The number of benzene rings is 1. The third-order valence-corrected chi connectivity index (χ3v) is 3.44. The number of carbonyl (C=O) groups excluding carboxylic acids is 2. The lowest BCUT2D eigenvalue weighted by atomic mass is 10.0. The van der Waals surface area contributed by atoms with Crippen molar-refractivity contribution < 1.29 is 32.2 Å². The molecule has 0 saturated carbocycles. The fraction of sp³-hybridized carbons (Fsp3) is 0.333. The summed E-state index contributed by atoms with van der Waals surface area (Å²) in [5.74, 6) is -6.21. The minimum absolute atomic E-state index is 0.0219. The van der Waals surface area contributed by atoms with Gasteiger partial charge in [0.1, 0.15) is 11.8 Å². The molecule has 0 spiro atoms. The molecule has 23 heavy (non-hydrogen) atoms. The number of hydrogen-bond acceptors (Lipinski definition) is 5. The second-order valence-corrected chi connectivity index (χ2v) is 4.92. The van der Waals surface area contributed by atoms with Crippen LogP contribution in [0.5, 0.6) is 0 Å². The van der Waals surface area contributed by atoms with Crippen LogP contribution in [0.3, 0.4) is 0 Å². The molecule has 0 bridgehead atoms. The first-order valence-corrected chi connectivity index (χ1v) is 7.86. The number of ether oxygens (including phenoxy) is 2. The highest BCUT2D eigenvalue weighted by Gasteiger charge is 2.28. The van der Waals surface area contributed by atoms with Crippen molar-refractivity contribution in [3.63, 3.8) is 0 Å². The summed E-state index contributed by atoms with van der Waals surface area (Å²) >= 11 is 0.607. The predicted molar refractivity (Wildman–Crippen MR) is 78.8 cm³/mol. The quantitative estimate of drug-likeness (QED) is 0.110. The van der Waals surface area contributed by atoms with Crippen LogP contribution < -0.4 is 0 Å². The summed E-state index contributed by atoms with van der Waals surface area (Å²) in [5.41, 5.74) is -1.38. The largest absolute Gasteiger partial charge is 0.500 e. The second-order valence-electron chi connectivity index (χ2n) is 4.10. The first kappa shape index (κ1) is 19.1. The molecule has 0 N–H and O–H groups in total. The van der Waals surface area contributed by atoms with Crippen molar-refractivity contribution in [3.8, 4) is 0 Å². The van der Waals surface area contributed by atoms with Crippen molar-refractivity contribution in [1.82, 2.24) is 0 Å². The average molecular weight is 348 g/mol. The Bertz CT molecular complexity index is 644. The lowest BCUT2D eigenvalue weighted by Crippen LogP contribution is -2.18. The standard InChI is InChI=1S/C15H15F3O4S/c1-4-21-7-9(15(20)22-5-2)13(19)8-6-10(16)12(18)14(23-3)11(8)17/h6-7H,4-5H2,1-3H3/b9-7-. The van der Waals surface area contributed by atoms with Crippen LogP contribution in [-0.4, -0.2) is 31.2 Å². The summed E-state index contributed by atoms with van der Waals surface area (Å²) in [6.45, 7) is 3.25. The lowest BCUT2D eigenvalue weighted by molar-refractivity contribution is -0.138. The van der Waals surface area contributed by atoms with E-state index in [1.165, 1.54) is 13.2 Å². The zero-order valence-corrected chi connectivity index (χ0v) is 13.6. The van der Waals surface area contributed by atoms with Crippen molar-refractivity contribution in [2.75, 3.05) is 19.5 Å². The Morgan fingerprint density at radius 1 is 1.17 bits per heavy atom. The maximum atomic E-state index is 14.2. The van der Waals surface area contributed by atoms with Gasteiger partial charge < -0.3 is 9.47 Å². The zero-order chi connectivity index (χ0) is 17.6. The fourth-order valence-corrected chi connectivity index (χ4v) is 2.21. The number of rotatable bonds is 7. The van der Waals surface area contributed by atoms with E-state index in [4.69, 9.17) is 9.47 Å². The van der Waals surface area contributed by atoms with Gasteiger partial charge in [0.05, 0.1) is 23.7 Å². The Labute approximate surface area is 135 Å². The number of hydrogen-bond donors (Lipinski definition) is 0. The van der Waals surface area contributed by atoms with Crippen LogP contribution >= 0.6 is 11.8 Å². The molecule has 0 unspecified atom stereocenters. The molecule has 0 aliphatic carbocycles. The topological polar surface area (TPSA) is 52.6 Å². The van der Waals surface area contributed by atoms with Crippen LogP contribution in [0, 0.1) is 17.5 Å². The summed E-state index contributed by atoms with van der Waals surface area (Å²) < 4.78 is 50.9. The molecule has 1 aromatic carbocycles. The van der Waals surface area contributed by atoms with Gasteiger partial charge >= 0.3 is 5.97 Å². The van der Waals surface area contributed by atoms with Gasteiger partial charge in [-0.05, 0) is 26.2 Å². The number of carbonyl (C=O) groups is 2. The van der Waals surface area contributed by atoms with Crippen LogP contribution in [-0.2, 0) is 14.3 Å². The number of ketones is 1. The first-order chi connectivity index (χ1) is 10.9. The van der Waals surface area contributed by atoms with E-state index in [1.54, 1.807) is 6.92 Å². The zero-order valence-electron chi connectivity index (χ0n) is 12.7. The molecule has 8 heteroatoms. The summed E-state index contributed by atoms with van der Waals surface area (Å²) in [6.07, 6.45) is 2.15. The van der Waals surface area contributed by atoms with Crippen molar-refractivity contribution in [1.29, 1.82) is 0 Å². The normalized spacial score (nSPS) is 11.3. The van der Waals surface area contributed by atoms with Gasteiger partial charge in [-0.15, -0.1) is 11.8 Å². The lowest BCUT2D eigenvalue weighted by Gasteiger charge is -2.10. The Morgan fingerprint density at radius 3 is 2.35 bits per heavy atom. The molecule has 1 rings (SSSR count). The van der Waals surface area contributed by atoms with Gasteiger partial charge in [-0.25, -0.2) is 18.0 Å². The first-order valence-electron chi connectivity index (χ1n) is 6.63. The Morgan fingerprint density at radius 2 is 1.83 bits per heavy atom. The Hall–Kier alpha value is -1.96. The van der Waals surface area contributed by atoms with Crippen molar-refractivity contribution in [2.24, 2.45) is 0 Å². The SMILES string of the molecule is CCO/C=C(\C(=O)OCC)C(=O)c1cc(F)c(F)c(SC)c1F. The number of thioether (sulfide) groups is 1. The highest BCUT2D eigenvalue weighted by Crippen LogP contribution is 2.29. The Kier molecular flexibility index (Phi) is 7.15. The van der Waals surface area contributed by atoms with Crippen LogP contribution in [0.4, 0.5) is 13.2 Å². The molecule has 0 radical (unpaired) electrons. The number of esters is 1. The van der Waals surface area contributed by atoms with E-state index in [-0.39, 0.29) is 13.2 Å². The van der Waals surface area contributed by atoms with Gasteiger partial charge in [-0.2, -0.15) is 0 Å². The molecule has 1 aromatic rings. The maximum Gasteiger partial charge on any atom is 0.345 e. The van der Waals surface area contributed by atoms with Crippen LogP contribution in [0.2, 0.25) is 0 Å². The van der Waals surface area contributed by atoms with E-state index in [0.717, 1.165) is 6.26 Å². The van der Waals surface area contributed by atoms with E-state index >= 15 is 0 Å². The van der Waals surface area contributed by atoms with E-state index in [2.05, 4.69) is 0 Å². The monoisotopic (exact) mass is 348 g/mol. The van der Waals surface area contributed by atoms with Gasteiger partial charge in [0, 0.05) is 0 Å². The third kappa shape index (κ3) is 4.28. The predicted octanol–water partition coefficient (Wildman–Crippen LogP) is 3.49. The molecule has 0 aliphatic heterocycles. The maximum absolute atomic E-state index is 14.2. The molecular weight excluding hydrogens is 333 g/mol. The van der Waals surface area contributed by atoms with Gasteiger partial charge in [0.2, 0.25) is 5.78 Å². The summed E-state index contributed by atoms with van der Waals surface area (Å²) in [7, 11) is 0. The van der Waals surface area contributed by atoms with Crippen LogP contribution in [0.15, 0.2) is 22.8 Å². The Balaban J connectivity index is 3.39. The molecule has 126 valence electrons. The third-order valence-electron chi connectivity index (χ3n) is 2.67. The molecule has 0 heterocycles. The van der Waals surface area contributed by atoms with Gasteiger partial charge in [0.15, 0.2) is 17.5 Å².